The topological polar surface area (TPSA) is 64.0 Å². The van der Waals surface area contributed by atoms with Crippen molar-refractivity contribution in [1.82, 2.24) is 9.80 Å². The second kappa shape index (κ2) is 13.9. The predicted molar refractivity (Wildman–Crippen MR) is 93.4 cm³/mol. The number of hydrogen-bond acceptors (Lipinski definition) is 4. The summed E-state index contributed by atoms with van der Waals surface area (Å²) in [4.78, 5) is 15.8. The summed E-state index contributed by atoms with van der Waals surface area (Å²) < 4.78 is 0. The van der Waals surface area contributed by atoms with Gasteiger partial charge < -0.3 is 29.5 Å². The van der Waals surface area contributed by atoms with Crippen LogP contribution in [0.1, 0.15) is 19.4 Å². The Morgan fingerprint density at radius 1 is 1.17 bits per heavy atom. The molecule has 6 heteroatoms. The minimum atomic E-state index is -0.393. The van der Waals surface area contributed by atoms with Crippen LogP contribution in [0.25, 0.3) is 0 Å². The number of carbonyl (C=O) groups is 1. The maximum atomic E-state index is 11.6. The van der Waals surface area contributed by atoms with Gasteiger partial charge in [0.15, 0.2) is 0 Å². The van der Waals surface area contributed by atoms with Crippen LogP contribution in [0.3, 0.4) is 0 Å². The fourth-order valence-electron chi connectivity index (χ4n) is 2.67. The molecular formula is C18H30N2O3Y-2. The number of carbonyl (C=O) groups excluding carboxylic acids is 1. The second-order valence-electron chi connectivity index (χ2n) is 5.54. The molecule has 0 spiro atoms. The molecule has 2 rings (SSSR count). The zero-order chi connectivity index (χ0) is 16.5. The van der Waals surface area contributed by atoms with Gasteiger partial charge in [-0.25, -0.2) is 0 Å². The molecule has 1 aliphatic rings. The first-order chi connectivity index (χ1) is 10.5. The van der Waals surface area contributed by atoms with Gasteiger partial charge in [0.2, 0.25) is 5.91 Å². The molecule has 2 atom stereocenters. The Morgan fingerprint density at radius 2 is 1.71 bits per heavy atom. The van der Waals surface area contributed by atoms with Crippen LogP contribution in [-0.2, 0) is 44.0 Å². The van der Waals surface area contributed by atoms with E-state index in [0.717, 1.165) is 13.1 Å². The van der Waals surface area contributed by atoms with Crippen molar-refractivity contribution >= 4 is 5.91 Å². The number of amides is 1. The largest absolute Gasteiger partial charge is 0.428 e. The molecule has 0 saturated carbocycles. The SMILES string of the molecule is CC1CN(C(=O)CO)C(C)CN1Cc1ccccc1.[CH2-]CO.[CH3-].[Y]. The molecule has 0 aromatic heterocycles. The van der Waals surface area contributed by atoms with E-state index in [9.17, 15) is 4.79 Å². The van der Waals surface area contributed by atoms with Gasteiger partial charge in [0.05, 0.1) is 0 Å². The summed E-state index contributed by atoms with van der Waals surface area (Å²) in [6.07, 6.45) is 0. The normalized spacial score (nSPS) is 20.1. The molecule has 1 heterocycles. The molecular weight excluding hydrogens is 381 g/mol. The Balaban J connectivity index is 0. The average Bonchev–Trinajstić information content (AvgIpc) is 2.51. The smallest absolute Gasteiger partial charge is 0.248 e. The maximum Gasteiger partial charge on any atom is 0.248 e. The van der Waals surface area contributed by atoms with Crippen molar-refractivity contribution in [2.45, 2.75) is 32.5 Å². The van der Waals surface area contributed by atoms with Crippen LogP contribution in [0.15, 0.2) is 30.3 Å². The summed E-state index contributed by atoms with van der Waals surface area (Å²) in [5.41, 5.74) is 1.29. The van der Waals surface area contributed by atoms with Gasteiger partial charge in [0.1, 0.15) is 6.61 Å². The molecule has 1 radical (unpaired) electrons. The minimum absolute atomic E-state index is 0. The van der Waals surface area contributed by atoms with Crippen molar-refractivity contribution < 1.29 is 47.7 Å². The van der Waals surface area contributed by atoms with E-state index in [1.165, 1.54) is 5.56 Å². The van der Waals surface area contributed by atoms with Crippen molar-refractivity contribution in [2.75, 3.05) is 26.3 Å². The van der Waals surface area contributed by atoms with Gasteiger partial charge >= 0.3 is 0 Å². The standard InChI is InChI=1S/C15H22N2O2.C2H5O.CH3.Y/c1-12-9-17(15(19)11-18)13(2)8-16(12)10-14-6-4-3-5-7-14;1-2-3;;/h3-7,12-13,18H,8-11H2,1-2H3;3H,1-2H2;1H3;/q;2*-1;. The molecule has 1 aromatic rings. The van der Waals surface area contributed by atoms with Crippen LogP contribution >= 0.6 is 0 Å². The van der Waals surface area contributed by atoms with Gasteiger partial charge in [-0.2, -0.15) is 0 Å². The molecule has 1 aliphatic heterocycles. The molecule has 2 unspecified atom stereocenters. The Labute approximate surface area is 171 Å². The zero-order valence-electron chi connectivity index (χ0n) is 15.1. The molecule has 0 bridgehead atoms. The number of aliphatic hydroxyl groups is 2. The molecule has 1 fully saturated rings. The van der Waals surface area contributed by atoms with Gasteiger partial charge in [-0.3, -0.25) is 9.69 Å². The fourth-order valence-corrected chi connectivity index (χ4v) is 2.67. The Morgan fingerprint density at radius 3 is 2.21 bits per heavy atom. The molecule has 1 saturated heterocycles. The van der Waals surface area contributed by atoms with Crippen molar-refractivity contribution in [3.8, 4) is 0 Å². The van der Waals surface area contributed by atoms with E-state index in [0.29, 0.717) is 12.6 Å². The third-order valence-corrected chi connectivity index (χ3v) is 3.80. The molecule has 1 amide bonds. The molecule has 0 aliphatic carbocycles. The van der Waals surface area contributed by atoms with Crippen LogP contribution in [0.2, 0.25) is 0 Å². The van der Waals surface area contributed by atoms with Crippen molar-refractivity contribution in [3.05, 3.63) is 50.2 Å². The van der Waals surface area contributed by atoms with Crippen LogP contribution in [0.4, 0.5) is 0 Å². The molecule has 5 nitrogen and oxygen atoms in total. The molecule has 1 aromatic carbocycles. The van der Waals surface area contributed by atoms with E-state index in [1.807, 2.05) is 13.0 Å². The monoisotopic (exact) mass is 411 g/mol. The van der Waals surface area contributed by atoms with Gasteiger partial charge in [-0.1, -0.05) is 36.9 Å². The molecule has 135 valence electrons. The first kappa shape index (κ1) is 25.9. The number of piperazine rings is 1. The summed E-state index contributed by atoms with van der Waals surface area (Å²) in [6.45, 7) is 9.27. The van der Waals surface area contributed by atoms with Crippen LogP contribution in [0, 0.1) is 14.4 Å². The number of nitrogens with zero attached hydrogens (tertiary/aromatic N) is 2. The van der Waals surface area contributed by atoms with E-state index < -0.39 is 6.61 Å². The number of aliphatic hydroxyl groups excluding tert-OH is 2. The maximum absolute atomic E-state index is 11.6. The zero-order valence-corrected chi connectivity index (χ0v) is 17.9. The Bertz CT molecular complexity index is 445. The number of benzene rings is 1. The Kier molecular flexibility index (Phi) is 15.0. The molecule has 2 N–H and O–H groups in total. The number of rotatable bonds is 3. The third-order valence-electron chi connectivity index (χ3n) is 3.80. The van der Waals surface area contributed by atoms with Gasteiger partial charge in [0.25, 0.3) is 0 Å². The van der Waals surface area contributed by atoms with Crippen LogP contribution in [-0.4, -0.2) is 64.3 Å². The van der Waals surface area contributed by atoms with Crippen molar-refractivity contribution in [1.29, 1.82) is 0 Å². The summed E-state index contributed by atoms with van der Waals surface area (Å²) in [7, 11) is 0. The van der Waals surface area contributed by atoms with E-state index in [-0.39, 0.29) is 58.7 Å². The van der Waals surface area contributed by atoms with E-state index in [4.69, 9.17) is 10.2 Å². The summed E-state index contributed by atoms with van der Waals surface area (Å²) in [5.74, 6) is -0.168. The van der Waals surface area contributed by atoms with E-state index in [2.05, 4.69) is 43.0 Å². The summed E-state index contributed by atoms with van der Waals surface area (Å²) >= 11 is 0. The fraction of sp³-hybridized carbons (Fsp3) is 0.500. The predicted octanol–water partition coefficient (Wildman–Crippen LogP) is 1.36. The van der Waals surface area contributed by atoms with Crippen molar-refractivity contribution in [3.63, 3.8) is 0 Å². The quantitative estimate of drug-likeness (QED) is 0.738. The first-order valence-corrected chi connectivity index (χ1v) is 7.61. The van der Waals surface area contributed by atoms with Gasteiger partial charge in [0, 0.05) is 64.4 Å². The summed E-state index contributed by atoms with van der Waals surface area (Å²) in [5, 5.41) is 16.4. The van der Waals surface area contributed by atoms with Crippen LogP contribution < -0.4 is 0 Å². The number of hydrogen-bond donors (Lipinski definition) is 2. The van der Waals surface area contributed by atoms with E-state index >= 15 is 0 Å². The Hall–Kier alpha value is -0.326. The van der Waals surface area contributed by atoms with Gasteiger partial charge in [-0.05, 0) is 19.4 Å². The minimum Gasteiger partial charge on any atom is -0.428 e. The molecule has 24 heavy (non-hydrogen) atoms. The second-order valence-corrected chi connectivity index (χ2v) is 5.54. The van der Waals surface area contributed by atoms with E-state index in [1.54, 1.807) is 4.90 Å². The average molecular weight is 411 g/mol. The van der Waals surface area contributed by atoms with Gasteiger partial charge in [-0.15, -0.1) is 0 Å². The third kappa shape index (κ3) is 8.17. The summed E-state index contributed by atoms with van der Waals surface area (Å²) in [6, 6.07) is 10.8. The van der Waals surface area contributed by atoms with Crippen LogP contribution in [0.5, 0.6) is 0 Å². The van der Waals surface area contributed by atoms with Crippen molar-refractivity contribution in [2.24, 2.45) is 0 Å². The first-order valence-electron chi connectivity index (χ1n) is 7.61.